The summed E-state index contributed by atoms with van der Waals surface area (Å²) in [6.07, 6.45) is 18.8. The Morgan fingerprint density at radius 3 is 1.84 bits per heavy atom. The van der Waals surface area contributed by atoms with E-state index in [2.05, 4.69) is 63.5 Å². The highest BCUT2D eigenvalue weighted by atomic mass is 35.5. The molecule has 0 amide bonds. The second kappa shape index (κ2) is 15.5. The molecule has 0 aromatic heterocycles. The normalized spacial score (nSPS) is 11.6. The van der Waals surface area contributed by atoms with Crippen LogP contribution in [0.3, 0.4) is 0 Å². The molecule has 0 atom stereocenters. The average molecular weight is 366 g/mol. The van der Waals surface area contributed by atoms with Gasteiger partial charge in [0.25, 0.3) is 0 Å². The van der Waals surface area contributed by atoms with E-state index in [4.69, 9.17) is 0 Å². The Balaban J connectivity index is 0.00000576. The summed E-state index contributed by atoms with van der Waals surface area (Å²) in [5.74, 6) is 0. The number of hydrogen-bond acceptors (Lipinski definition) is 0. The summed E-state index contributed by atoms with van der Waals surface area (Å²) in [6, 6.07) is 10.6. The van der Waals surface area contributed by atoms with Crippen LogP contribution in [0.5, 0.6) is 0 Å². The van der Waals surface area contributed by atoms with Crippen LogP contribution >= 0.6 is 0 Å². The molecule has 25 heavy (non-hydrogen) atoms. The molecule has 0 aliphatic heterocycles. The van der Waals surface area contributed by atoms with E-state index >= 15 is 0 Å². The molecule has 0 spiro atoms. The van der Waals surface area contributed by atoms with Crippen LogP contribution in [0.25, 0.3) is 6.08 Å². The maximum absolute atomic E-state index is 2.35. The molecular formula is C23H40ClN. The molecule has 144 valence electrons. The second-order valence-electron chi connectivity index (χ2n) is 7.84. The maximum Gasteiger partial charge on any atom is 0.0972 e. The maximum atomic E-state index is 2.35. The van der Waals surface area contributed by atoms with Crippen LogP contribution < -0.4 is 12.4 Å². The molecule has 0 aliphatic carbocycles. The van der Waals surface area contributed by atoms with Crippen molar-refractivity contribution in [1.29, 1.82) is 0 Å². The van der Waals surface area contributed by atoms with E-state index in [1.807, 2.05) is 0 Å². The monoisotopic (exact) mass is 365 g/mol. The van der Waals surface area contributed by atoms with Crippen molar-refractivity contribution in [3.8, 4) is 0 Å². The smallest absolute Gasteiger partial charge is 0.0972 e. The largest absolute Gasteiger partial charge is 1.00 e. The summed E-state index contributed by atoms with van der Waals surface area (Å²) in [4.78, 5) is 0. The minimum absolute atomic E-state index is 0. The lowest BCUT2D eigenvalue weighted by molar-refractivity contribution is -0.884. The van der Waals surface area contributed by atoms with E-state index in [1.165, 1.54) is 76.3 Å². The Morgan fingerprint density at radius 2 is 1.28 bits per heavy atom. The van der Waals surface area contributed by atoms with Gasteiger partial charge >= 0.3 is 0 Å². The fraction of sp³-hybridized carbons (Fsp3) is 0.652. The molecule has 1 aromatic carbocycles. The molecule has 0 unspecified atom stereocenters. The van der Waals surface area contributed by atoms with Crippen molar-refractivity contribution >= 4 is 6.08 Å². The number of unbranched alkanes of at least 4 members (excludes halogenated alkanes) is 9. The first-order valence-corrected chi connectivity index (χ1v) is 10.2. The Morgan fingerprint density at radius 1 is 0.760 bits per heavy atom. The predicted molar refractivity (Wildman–Crippen MR) is 109 cm³/mol. The first-order chi connectivity index (χ1) is 11.6. The van der Waals surface area contributed by atoms with Crippen LogP contribution in [0, 0.1) is 0 Å². The zero-order valence-corrected chi connectivity index (χ0v) is 17.6. The Labute approximate surface area is 163 Å². The van der Waals surface area contributed by atoms with E-state index in [9.17, 15) is 0 Å². The number of halogens is 1. The molecule has 0 heterocycles. The van der Waals surface area contributed by atoms with Crippen LogP contribution in [0.15, 0.2) is 36.4 Å². The summed E-state index contributed by atoms with van der Waals surface area (Å²) in [6.45, 7) is 4.69. The Hall–Kier alpha value is -0.790. The molecule has 0 fully saturated rings. The molecule has 1 aromatic rings. The molecule has 1 rings (SSSR count). The third-order valence-electron chi connectivity index (χ3n) is 4.83. The third kappa shape index (κ3) is 14.1. The van der Waals surface area contributed by atoms with Crippen LogP contribution in [0.4, 0.5) is 0 Å². The van der Waals surface area contributed by atoms with Crippen molar-refractivity contribution in [3.05, 3.63) is 42.0 Å². The lowest BCUT2D eigenvalue weighted by Crippen LogP contribution is -3.00. The second-order valence-corrected chi connectivity index (χ2v) is 7.84. The van der Waals surface area contributed by atoms with Crippen LogP contribution in [-0.4, -0.2) is 31.7 Å². The third-order valence-corrected chi connectivity index (χ3v) is 4.83. The van der Waals surface area contributed by atoms with E-state index in [1.54, 1.807) is 0 Å². The summed E-state index contributed by atoms with van der Waals surface area (Å²) in [7, 11) is 4.70. The van der Waals surface area contributed by atoms with Crippen LogP contribution in [0.1, 0.15) is 76.7 Å². The molecular weight excluding hydrogens is 326 g/mol. The minimum Gasteiger partial charge on any atom is -1.00 e. The zero-order chi connectivity index (χ0) is 17.5. The minimum atomic E-state index is 0. The summed E-state index contributed by atoms with van der Waals surface area (Å²) in [5, 5.41) is 0. The van der Waals surface area contributed by atoms with Crippen molar-refractivity contribution in [2.75, 3.05) is 27.2 Å². The first-order valence-electron chi connectivity index (χ1n) is 10.2. The predicted octanol–water partition coefficient (Wildman–Crippen LogP) is 3.70. The van der Waals surface area contributed by atoms with E-state index in [-0.39, 0.29) is 12.4 Å². The van der Waals surface area contributed by atoms with Gasteiger partial charge in [-0.05, 0) is 24.5 Å². The van der Waals surface area contributed by atoms with Crippen molar-refractivity contribution in [1.82, 2.24) is 0 Å². The molecule has 1 nitrogen and oxygen atoms in total. The highest BCUT2D eigenvalue weighted by molar-refractivity contribution is 5.48. The van der Waals surface area contributed by atoms with Gasteiger partial charge in [0.2, 0.25) is 0 Å². The average Bonchev–Trinajstić information content (AvgIpc) is 2.57. The van der Waals surface area contributed by atoms with Gasteiger partial charge in [0.15, 0.2) is 0 Å². The SMILES string of the molecule is CCCCCCCCCCCC[N+](C)(C)CC=Cc1ccccc1.[Cl-]. The fourth-order valence-electron chi connectivity index (χ4n) is 3.16. The fourth-order valence-corrected chi connectivity index (χ4v) is 3.16. The number of quaternary nitrogens is 1. The Kier molecular flexibility index (Phi) is 15.0. The van der Waals surface area contributed by atoms with Gasteiger partial charge < -0.3 is 16.9 Å². The molecule has 0 bridgehead atoms. The number of rotatable bonds is 14. The van der Waals surface area contributed by atoms with Crippen molar-refractivity contribution < 1.29 is 16.9 Å². The molecule has 0 N–H and O–H groups in total. The first kappa shape index (κ1) is 24.2. The van der Waals surface area contributed by atoms with Gasteiger partial charge in [-0.25, -0.2) is 0 Å². The van der Waals surface area contributed by atoms with E-state index < -0.39 is 0 Å². The van der Waals surface area contributed by atoms with Crippen LogP contribution in [-0.2, 0) is 0 Å². The van der Waals surface area contributed by atoms with Gasteiger partial charge in [0.1, 0.15) is 0 Å². The topological polar surface area (TPSA) is 0 Å². The highest BCUT2D eigenvalue weighted by Gasteiger charge is 2.11. The van der Waals surface area contributed by atoms with Gasteiger partial charge in [0, 0.05) is 0 Å². The van der Waals surface area contributed by atoms with E-state index in [0.29, 0.717) is 0 Å². The highest BCUT2D eigenvalue weighted by Crippen LogP contribution is 2.12. The standard InChI is InChI=1S/C23H40N.ClH/c1-4-5-6-7-8-9-10-11-12-16-21-24(2,3)22-17-20-23-18-14-13-15-19-23;/h13-15,17-20H,4-12,16,21-22H2,1-3H3;1H/q+1;/p-1. The van der Waals surface area contributed by atoms with Gasteiger partial charge in [-0.2, -0.15) is 0 Å². The number of likely N-dealkylation sites (N-methyl/N-ethyl adjacent to an activating group) is 1. The van der Waals surface area contributed by atoms with E-state index in [0.717, 1.165) is 11.0 Å². The van der Waals surface area contributed by atoms with Crippen molar-refractivity contribution in [2.45, 2.75) is 71.1 Å². The van der Waals surface area contributed by atoms with Crippen molar-refractivity contribution in [3.63, 3.8) is 0 Å². The molecule has 0 radical (unpaired) electrons. The number of hydrogen-bond donors (Lipinski definition) is 0. The molecule has 0 saturated carbocycles. The van der Waals surface area contributed by atoms with Crippen LogP contribution in [0.2, 0.25) is 0 Å². The van der Waals surface area contributed by atoms with Gasteiger partial charge in [-0.15, -0.1) is 0 Å². The zero-order valence-electron chi connectivity index (χ0n) is 16.9. The molecule has 0 aliphatic rings. The lowest BCUT2D eigenvalue weighted by Gasteiger charge is -2.28. The molecule has 0 saturated heterocycles. The van der Waals surface area contributed by atoms with Gasteiger partial charge in [0.05, 0.1) is 27.2 Å². The van der Waals surface area contributed by atoms with Gasteiger partial charge in [-0.1, -0.05) is 94.7 Å². The van der Waals surface area contributed by atoms with Gasteiger partial charge in [-0.3, -0.25) is 0 Å². The summed E-state index contributed by atoms with van der Waals surface area (Å²) < 4.78 is 1.10. The summed E-state index contributed by atoms with van der Waals surface area (Å²) >= 11 is 0. The number of benzene rings is 1. The Bertz CT molecular complexity index is 425. The summed E-state index contributed by atoms with van der Waals surface area (Å²) in [5.41, 5.74) is 1.30. The lowest BCUT2D eigenvalue weighted by atomic mass is 10.1. The molecule has 2 heteroatoms. The quantitative estimate of drug-likeness (QED) is 0.348. The number of nitrogens with zero attached hydrogens (tertiary/aromatic N) is 1. The van der Waals surface area contributed by atoms with Crippen molar-refractivity contribution in [2.24, 2.45) is 0 Å².